The first kappa shape index (κ1) is 10.7. The first-order chi connectivity index (χ1) is 7.29. The maximum atomic E-state index is 8.90. The van der Waals surface area contributed by atoms with E-state index in [1.165, 1.54) is 0 Å². The standard InChI is InChI=1S/C11H14ClNO2/c12-10-1-2-11-9(7-10)8-13(3-5-14)4-6-15-11/h1-2,7,14H,3-6,8H2. The molecule has 0 spiro atoms. The van der Waals surface area contributed by atoms with Crippen LogP contribution in [0.3, 0.4) is 0 Å². The van der Waals surface area contributed by atoms with Crippen LogP contribution in [0.5, 0.6) is 5.75 Å². The van der Waals surface area contributed by atoms with Crippen LogP contribution in [0.1, 0.15) is 5.56 Å². The third-order valence-electron chi connectivity index (χ3n) is 2.50. The van der Waals surface area contributed by atoms with Crippen LogP contribution in [-0.2, 0) is 6.54 Å². The molecule has 1 aromatic carbocycles. The lowest BCUT2D eigenvalue weighted by Crippen LogP contribution is -2.28. The van der Waals surface area contributed by atoms with E-state index in [0.29, 0.717) is 13.2 Å². The highest BCUT2D eigenvalue weighted by atomic mass is 35.5. The van der Waals surface area contributed by atoms with Gasteiger partial charge in [-0.2, -0.15) is 0 Å². The van der Waals surface area contributed by atoms with E-state index in [0.717, 1.165) is 29.4 Å². The van der Waals surface area contributed by atoms with Crippen molar-refractivity contribution in [1.82, 2.24) is 4.90 Å². The Hall–Kier alpha value is -0.770. The molecule has 0 amide bonds. The van der Waals surface area contributed by atoms with Crippen molar-refractivity contribution in [2.45, 2.75) is 6.54 Å². The Bertz CT molecular complexity index is 343. The molecule has 1 aliphatic rings. The van der Waals surface area contributed by atoms with Crippen molar-refractivity contribution >= 4 is 11.6 Å². The first-order valence-corrected chi connectivity index (χ1v) is 5.42. The second-order valence-corrected chi connectivity index (χ2v) is 4.04. The largest absolute Gasteiger partial charge is 0.492 e. The van der Waals surface area contributed by atoms with E-state index >= 15 is 0 Å². The van der Waals surface area contributed by atoms with Crippen molar-refractivity contribution in [3.8, 4) is 5.75 Å². The summed E-state index contributed by atoms with van der Waals surface area (Å²) in [6.45, 7) is 3.14. The minimum Gasteiger partial charge on any atom is -0.492 e. The van der Waals surface area contributed by atoms with Gasteiger partial charge in [0.05, 0.1) is 6.61 Å². The molecule has 0 saturated heterocycles. The monoisotopic (exact) mass is 227 g/mol. The summed E-state index contributed by atoms with van der Waals surface area (Å²) in [5.41, 5.74) is 1.09. The molecule has 1 N–H and O–H groups in total. The lowest BCUT2D eigenvalue weighted by molar-refractivity contribution is 0.177. The van der Waals surface area contributed by atoms with Gasteiger partial charge in [-0.05, 0) is 18.2 Å². The predicted molar refractivity (Wildman–Crippen MR) is 59.3 cm³/mol. The number of β-amino-alcohol motifs (C(OH)–C–C–N with tert-alkyl or cyclic N) is 1. The molecular weight excluding hydrogens is 214 g/mol. The lowest BCUT2D eigenvalue weighted by Gasteiger charge is -2.17. The van der Waals surface area contributed by atoms with Gasteiger partial charge in [0.15, 0.2) is 0 Å². The second-order valence-electron chi connectivity index (χ2n) is 3.60. The molecule has 0 radical (unpaired) electrons. The van der Waals surface area contributed by atoms with Gasteiger partial charge in [0, 0.05) is 30.2 Å². The summed E-state index contributed by atoms with van der Waals surface area (Å²) in [5, 5.41) is 9.63. The Labute approximate surface area is 94.2 Å². The fourth-order valence-corrected chi connectivity index (χ4v) is 1.94. The number of ether oxygens (including phenoxy) is 1. The number of nitrogens with zero attached hydrogens (tertiary/aromatic N) is 1. The predicted octanol–water partition coefficient (Wildman–Crippen LogP) is 1.53. The molecule has 1 aliphatic heterocycles. The molecule has 82 valence electrons. The molecular formula is C11H14ClNO2. The number of fused-ring (bicyclic) bond motifs is 1. The van der Waals surface area contributed by atoms with E-state index in [4.69, 9.17) is 21.4 Å². The van der Waals surface area contributed by atoms with Crippen molar-refractivity contribution in [2.24, 2.45) is 0 Å². The molecule has 4 heteroatoms. The van der Waals surface area contributed by atoms with Gasteiger partial charge >= 0.3 is 0 Å². The zero-order chi connectivity index (χ0) is 10.7. The molecule has 0 fully saturated rings. The summed E-state index contributed by atoms with van der Waals surface area (Å²) in [6.07, 6.45) is 0. The molecule has 0 saturated carbocycles. The summed E-state index contributed by atoms with van der Waals surface area (Å²) in [4.78, 5) is 2.15. The van der Waals surface area contributed by atoms with Crippen LogP contribution in [-0.4, -0.2) is 36.3 Å². The van der Waals surface area contributed by atoms with Gasteiger partial charge in [-0.1, -0.05) is 11.6 Å². The highest BCUT2D eigenvalue weighted by molar-refractivity contribution is 6.30. The van der Waals surface area contributed by atoms with Crippen molar-refractivity contribution < 1.29 is 9.84 Å². The van der Waals surface area contributed by atoms with E-state index in [1.807, 2.05) is 18.2 Å². The summed E-state index contributed by atoms with van der Waals surface area (Å²) >= 11 is 5.93. The van der Waals surface area contributed by atoms with E-state index in [-0.39, 0.29) is 6.61 Å². The molecule has 0 bridgehead atoms. The molecule has 0 unspecified atom stereocenters. The van der Waals surface area contributed by atoms with Crippen molar-refractivity contribution in [1.29, 1.82) is 0 Å². The topological polar surface area (TPSA) is 32.7 Å². The third-order valence-corrected chi connectivity index (χ3v) is 2.73. The maximum absolute atomic E-state index is 8.90. The number of halogens is 1. The van der Waals surface area contributed by atoms with E-state index in [9.17, 15) is 0 Å². The Morgan fingerprint density at radius 1 is 1.47 bits per heavy atom. The summed E-state index contributed by atoms with van der Waals surface area (Å²) in [5.74, 6) is 0.903. The van der Waals surface area contributed by atoms with Crippen LogP contribution in [0.4, 0.5) is 0 Å². The van der Waals surface area contributed by atoms with Crippen LogP contribution in [0.15, 0.2) is 18.2 Å². The molecule has 0 aromatic heterocycles. The average Bonchev–Trinajstić information content (AvgIpc) is 2.39. The van der Waals surface area contributed by atoms with Crippen LogP contribution < -0.4 is 4.74 Å². The zero-order valence-electron chi connectivity index (χ0n) is 8.45. The van der Waals surface area contributed by atoms with Gasteiger partial charge in [0.2, 0.25) is 0 Å². The van der Waals surface area contributed by atoms with Gasteiger partial charge in [-0.3, -0.25) is 4.90 Å². The van der Waals surface area contributed by atoms with Gasteiger partial charge in [0.1, 0.15) is 12.4 Å². The lowest BCUT2D eigenvalue weighted by atomic mass is 10.2. The Balaban J connectivity index is 2.19. The molecule has 0 atom stereocenters. The fraction of sp³-hybridized carbons (Fsp3) is 0.455. The van der Waals surface area contributed by atoms with Crippen molar-refractivity contribution in [2.75, 3.05) is 26.3 Å². The minimum absolute atomic E-state index is 0.176. The fourth-order valence-electron chi connectivity index (χ4n) is 1.75. The van der Waals surface area contributed by atoms with Crippen LogP contribution >= 0.6 is 11.6 Å². The summed E-state index contributed by atoms with van der Waals surface area (Å²) in [6, 6.07) is 5.66. The quantitative estimate of drug-likeness (QED) is 0.832. The Kier molecular flexibility index (Phi) is 3.46. The molecule has 3 nitrogen and oxygen atoms in total. The van der Waals surface area contributed by atoms with Crippen molar-refractivity contribution in [3.63, 3.8) is 0 Å². The van der Waals surface area contributed by atoms with E-state index < -0.39 is 0 Å². The van der Waals surface area contributed by atoms with Crippen LogP contribution in [0.25, 0.3) is 0 Å². The van der Waals surface area contributed by atoms with Gasteiger partial charge in [-0.15, -0.1) is 0 Å². The average molecular weight is 228 g/mol. The number of benzene rings is 1. The molecule has 1 aromatic rings. The van der Waals surface area contributed by atoms with Gasteiger partial charge in [-0.25, -0.2) is 0 Å². The van der Waals surface area contributed by atoms with Crippen molar-refractivity contribution in [3.05, 3.63) is 28.8 Å². The molecule has 2 rings (SSSR count). The number of aliphatic hydroxyl groups is 1. The number of hydrogen-bond donors (Lipinski definition) is 1. The Morgan fingerprint density at radius 2 is 2.33 bits per heavy atom. The van der Waals surface area contributed by atoms with E-state index in [1.54, 1.807) is 0 Å². The van der Waals surface area contributed by atoms with Gasteiger partial charge in [0.25, 0.3) is 0 Å². The maximum Gasteiger partial charge on any atom is 0.123 e. The first-order valence-electron chi connectivity index (χ1n) is 5.04. The normalized spacial score (nSPS) is 16.7. The number of rotatable bonds is 2. The zero-order valence-corrected chi connectivity index (χ0v) is 9.20. The smallest absolute Gasteiger partial charge is 0.123 e. The van der Waals surface area contributed by atoms with E-state index in [2.05, 4.69) is 4.90 Å². The summed E-state index contributed by atoms with van der Waals surface area (Å²) < 4.78 is 5.60. The second kappa shape index (κ2) is 4.84. The third kappa shape index (κ3) is 2.62. The molecule has 15 heavy (non-hydrogen) atoms. The summed E-state index contributed by atoms with van der Waals surface area (Å²) in [7, 11) is 0. The highest BCUT2D eigenvalue weighted by Crippen LogP contribution is 2.25. The number of hydrogen-bond acceptors (Lipinski definition) is 3. The van der Waals surface area contributed by atoms with Crippen LogP contribution in [0, 0.1) is 0 Å². The van der Waals surface area contributed by atoms with Crippen LogP contribution in [0.2, 0.25) is 5.02 Å². The Morgan fingerprint density at radius 3 is 3.13 bits per heavy atom. The molecule has 1 heterocycles. The SMILES string of the molecule is OCCN1CCOc2ccc(Cl)cc2C1. The minimum atomic E-state index is 0.176. The molecule has 0 aliphatic carbocycles. The highest BCUT2D eigenvalue weighted by Gasteiger charge is 2.14. The number of aliphatic hydroxyl groups excluding tert-OH is 1. The van der Waals surface area contributed by atoms with Gasteiger partial charge < -0.3 is 9.84 Å².